The van der Waals surface area contributed by atoms with Gasteiger partial charge in [-0.05, 0) is 42.7 Å². The molecule has 0 aliphatic carbocycles. The quantitative estimate of drug-likeness (QED) is 0.601. The van der Waals surface area contributed by atoms with E-state index in [-0.39, 0.29) is 12.1 Å². The van der Waals surface area contributed by atoms with Crippen molar-refractivity contribution in [3.63, 3.8) is 0 Å². The third-order valence-corrected chi connectivity index (χ3v) is 4.83. The van der Waals surface area contributed by atoms with Crippen LogP contribution < -0.4 is 21.3 Å². The highest BCUT2D eigenvalue weighted by atomic mass is 16.2. The number of carbonyl (C=O) groups is 2. The number of carbonyl (C=O) groups excluding carboxylic acids is 2. The number of aromatic nitrogens is 1. The molecule has 29 heavy (non-hydrogen) atoms. The number of benzene rings is 1. The standard InChI is InChI=1S/C22H26N4O3/c27-20(23-24-21(28)17-26-16-6-3-7-22(26)29)13-10-18-8-11-19(12-9-18)25-14-4-1-2-5-15-25/h3,6-13,16H,1-2,4-5,14-15,17H2,(H,23,27)(H,24,28)/b13-10+. The van der Waals surface area contributed by atoms with Crippen LogP contribution in [0.15, 0.2) is 59.5 Å². The Morgan fingerprint density at radius 3 is 2.34 bits per heavy atom. The molecule has 2 aromatic rings. The van der Waals surface area contributed by atoms with Gasteiger partial charge in [0.2, 0.25) is 0 Å². The molecular formula is C22H26N4O3. The molecule has 1 fully saturated rings. The molecule has 3 rings (SSSR count). The summed E-state index contributed by atoms with van der Waals surface area (Å²) in [4.78, 5) is 37.7. The lowest BCUT2D eigenvalue weighted by atomic mass is 10.1. The van der Waals surface area contributed by atoms with Crippen LogP contribution in [0, 0.1) is 0 Å². The average molecular weight is 394 g/mol. The lowest BCUT2D eigenvalue weighted by molar-refractivity contribution is -0.127. The summed E-state index contributed by atoms with van der Waals surface area (Å²) in [5.74, 6) is -0.933. The van der Waals surface area contributed by atoms with Gasteiger partial charge in [0.25, 0.3) is 17.4 Å². The summed E-state index contributed by atoms with van der Waals surface area (Å²) < 4.78 is 1.25. The van der Waals surface area contributed by atoms with E-state index in [1.54, 1.807) is 18.2 Å². The van der Waals surface area contributed by atoms with Crippen LogP contribution in [0.2, 0.25) is 0 Å². The Labute approximate surface area is 170 Å². The fourth-order valence-electron chi connectivity index (χ4n) is 3.26. The maximum absolute atomic E-state index is 11.9. The van der Waals surface area contributed by atoms with Crippen molar-refractivity contribution in [3.8, 4) is 0 Å². The maximum atomic E-state index is 11.9. The second-order valence-electron chi connectivity index (χ2n) is 7.03. The number of hydrogen-bond donors (Lipinski definition) is 2. The van der Waals surface area contributed by atoms with Gasteiger partial charge < -0.3 is 9.47 Å². The molecule has 152 valence electrons. The Hall–Kier alpha value is -3.35. The number of hydrazine groups is 1. The molecule has 0 saturated carbocycles. The van der Waals surface area contributed by atoms with E-state index in [0.717, 1.165) is 18.7 Å². The van der Waals surface area contributed by atoms with Gasteiger partial charge >= 0.3 is 0 Å². The molecule has 2 N–H and O–H groups in total. The van der Waals surface area contributed by atoms with Gasteiger partial charge in [0.05, 0.1) is 0 Å². The monoisotopic (exact) mass is 394 g/mol. The van der Waals surface area contributed by atoms with Crippen LogP contribution in [0.25, 0.3) is 6.08 Å². The zero-order valence-electron chi connectivity index (χ0n) is 16.3. The third kappa shape index (κ3) is 6.34. The van der Waals surface area contributed by atoms with Crippen molar-refractivity contribution in [1.29, 1.82) is 0 Å². The molecule has 0 unspecified atom stereocenters. The Bertz CT molecular complexity index is 910. The first kappa shape index (κ1) is 20.4. The SMILES string of the molecule is O=C(/C=C/c1ccc(N2CCCCCC2)cc1)NNC(=O)Cn1ccccc1=O. The van der Waals surface area contributed by atoms with Crippen molar-refractivity contribution >= 4 is 23.6 Å². The normalized spacial score (nSPS) is 14.4. The number of nitrogens with zero attached hydrogens (tertiary/aromatic N) is 2. The topological polar surface area (TPSA) is 83.4 Å². The summed E-state index contributed by atoms with van der Waals surface area (Å²) >= 11 is 0. The van der Waals surface area contributed by atoms with E-state index in [4.69, 9.17) is 0 Å². The molecule has 2 amide bonds. The Morgan fingerprint density at radius 1 is 0.931 bits per heavy atom. The summed E-state index contributed by atoms with van der Waals surface area (Å²) in [6.45, 7) is 2.01. The number of hydrogen-bond acceptors (Lipinski definition) is 4. The van der Waals surface area contributed by atoms with E-state index in [2.05, 4.69) is 27.9 Å². The van der Waals surface area contributed by atoms with E-state index in [9.17, 15) is 14.4 Å². The average Bonchev–Trinajstić information content (AvgIpc) is 3.02. The first-order valence-corrected chi connectivity index (χ1v) is 9.89. The van der Waals surface area contributed by atoms with Gasteiger partial charge in [0.1, 0.15) is 6.54 Å². The van der Waals surface area contributed by atoms with Gasteiger partial charge in [-0.1, -0.05) is 31.0 Å². The second-order valence-corrected chi connectivity index (χ2v) is 7.03. The zero-order chi connectivity index (χ0) is 20.5. The van der Waals surface area contributed by atoms with Crippen LogP contribution in [0.5, 0.6) is 0 Å². The zero-order valence-corrected chi connectivity index (χ0v) is 16.3. The van der Waals surface area contributed by atoms with Crippen molar-refractivity contribution in [2.45, 2.75) is 32.2 Å². The van der Waals surface area contributed by atoms with Gasteiger partial charge in [-0.3, -0.25) is 25.2 Å². The number of anilines is 1. The van der Waals surface area contributed by atoms with Gasteiger partial charge in [-0.15, -0.1) is 0 Å². The molecule has 0 radical (unpaired) electrons. The highest BCUT2D eigenvalue weighted by Crippen LogP contribution is 2.20. The minimum Gasteiger partial charge on any atom is -0.372 e. The smallest absolute Gasteiger partial charge is 0.262 e. The fraction of sp³-hybridized carbons (Fsp3) is 0.318. The molecule has 2 heterocycles. The van der Waals surface area contributed by atoms with Crippen molar-refractivity contribution < 1.29 is 9.59 Å². The van der Waals surface area contributed by atoms with Crippen molar-refractivity contribution in [1.82, 2.24) is 15.4 Å². The Balaban J connectivity index is 1.46. The lowest BCUT2D eigenvalue weighted by Gasteiger charge is -2.22. The fourth-order valence-corrected chi connectivity index (χ4v) is 3.26. The number of rotatable bonds is 5. The van der Waals surface area contributed by atoms with Crippen LogP contribution in [-0.2, 0) is 16.1 Å². The summed E-state index contributed by atoms with van der Waals surface area (Å²) in [6.07, 6.45) is 9.61. The predicted octanol–water partition coefficient (Wildman–Crippen LogP) is 2.09. The molecule has 1 aromatic heterocycles. The molecule has 0 spiro atoms. The van der Waals surface area contributed by atoms with E-state index in [0.29, 0.717) is 0 Å². The molecule has 0 bridgehead atoms. The first-order chi connectivity index (χ1) is 14.1. The minimum atomic E-state index is -0.484. The molecule has 1 aromatic carbocycles. The van der Waals surface area contributed by atoms with Crippen molar-refractivity contribution in [2.75, 3.05) is 18.0 Å². The van der Waals surface area contributed by atoms with Crippen LogP contribution >= 0.6 is 0 Å². The highest BCUT2D eigenvalue weighted by molar-refractivity contribution is 5.93. The Kier molecular flexibility index (Phi) is 7.22. The Morgan fingerprint density at radius 2 is 1.66 bits per heavy atom. The largest absolute Gasteiger partial charge is 0.372 e. The summed E-state index contributed by atoms with van der Waals surface area (Å²) in [5, 5.41) is 0. The minimum absolute atomic E-state index is 0.165. The number of pyridine rings is 1. The summed E-state index contributed by atoms with van der Waals surface area (Å²) in [7, 11) is 0. The molecule has 7 heteroatoms. The first-order valence-electron chi connectivity index (χ1n) is 9.89. The second kappa shape index (κ2) is 10.3. The number of amides is 2. The summed E-state index contributed by atoms with van der Waals surface area (Å²) in [5.41, 5.74) is 6.44. The van der Waals surface area contributed by atoms with E-state index >= 15 is 0 Å². The van der Waals surface area contributed by atoms with Crippen LogP contribution in [0.4, 0.5) is 5.69 Å². The molecule has 1 aliphatic rings. The van der Waals surface area contributed by atoms with Gasteiger partial charge in [0, 0.05) is 37.1 Å². The van der Waals surface area contributed by atoms with E-state index in [1.165, 1.54) is 54.3 Å². The van der Waals surface area contributed by atoms with Crippen LogP contribution in [0.3, 0.4) is 0 Å². The van der Waals surface area contributed by atoms with Crippen LogP contribution in [0.1, 0.15) is 31.2 Å². The molecule has 0 atom stereocenters. The lowest BCUT2D eigenvalue weighted by Crippen LogP contribution is -2.43. The number of nitrogens with one attached hydrogen (secondary N) is 2. The van der Waals surface area contributed by atoms with Crippen LogP contribution in [-0.4, -0.2) is 29.5 Å². The van der Waals surface area contributed by atoms with E-state index < -0.39 is 11.8 Å². The van der Waals surface area contributed by atoms with Gasteiger partial charge in [0.15, 0.2) is 0 Å². The predicted molar refractivity (Wildman–Crippen MR) is 113 cm³/mol. The molecular weight excluding hydrogens is 368 g/mol. The summed E-state index contributed by atoms with van der Waals surface area (Å²) in [6, 6.07) is 12.7. The van der Waals surface area contributed by atoms with Crippen molar-refractivity contribution in [2.24, 2.45) is 0 Å². The molecule has 7 nitrogen and oxygen atoms in total. The van der Waals surface area contributed by atoms with E-state index in [1.807, 2.05) is 12.1 Å². The van der Waals surface area contributed by atoms with Gasteiger partial charge in [-0.25, -0.2) is 0 Å². The van der Waals surface area contributed by atoms with Gasteiger partial charge in [-0.2, -0.15) is 0 Å². The molecule has 1 aliphatic heterocycles. The van der Waals surface area contributed by atoms with Crippen molar-refractivity contribution in [3.05, 3.63) is 70.7 Å². The maximum Gasteiger partial charge on any atom is 0.262 e. The molecule has 1 saturated heterocycles. The third-order valence-electron chi connectivity index (χ3n) is 4.83. The highest BCUT2D eigenvalue weighted by Gasteiger charge is 2.09.